The maximum absolute atomic E-state index is 13.7. The van der Waals surface area contributed by atoms with Crippen LogP contribution in [-0.4, -0.2) is 47.8 Å². The van der Waals surface area contributed by atoms with Crippen molar-refractivity contribution in [3.05, 3.63) is 53.6 Å². The maximum Gasteiger partial charge on any atom is 0.270 e. The Balaban J connectivity index is 1.45. The summed E-state index contributed by atoms with van der Waals surface area (Å²) in [6, 6.07) is 8.14. The number of nitrogens with zero attached hydrogens (tertiary/aromatic N) is 2. The number of aliphatic hydroxyl groups is 1. The number of piperidine rings is 1. The Morgan fingerprint density at radius 3 is 2.76 bits per heavy atom. The molecule has 29 heavy (non-hydrogen) atoms. The minimum absolute atomic E-state index is 0.225. The monoisotopic (exact) mass is 399 g/mol. The Kier molecular flexibility index (Phi) is 5.41. The summed E-state index contributed by atoms with van der Waals surface area (Å²) in [6.07, 6.45) is 5.04. The van der Waals surface area contributed by atoms with Gasteiger partial charge in [-0.05, 0) is 68.0 Å². The van der Waals surface area contributed by atoms with Gasteiger partial charge in [0.25, 0.3) is 5.91 Å². The van der Waals surface area contributed by atoms with Crippen LogP contribution < -0.4 is 15.0 Å². The fraction of sp³-hybridized carbons (Fsp3) is 0.455. The summed E-state index contributed by atoms with van der Waals surface area (Å²) in [5, 5.41) is 12.8. The molecule has 6 nitrogen and oxygen atoms in total. The minimum atomic E-state index is -0.384. The van der Waals surface area contributed by atoms with Crippen molar-refractivity contribution in [2.24, 2.45) is 0 Å². The largest absolute Gasteiger partial charge is 0.496 e. The van der Waals surface area contributed by atoms with Crippen molar-refractivity contribution in [1.29, 1.82) is 0 Å². The molecule has 1 aromatic carbocycles. The van der Waals surface area contributed by atoms with Crippen LogP contribution in [0.15, 0.2) is 36.5 Å². The highest BCUT2D eigenvalue weighted by Crippen LogP contribution is 2.40. The molecule has 1 saturated heterocycles. The Morgan fingerprint density at radius 2 is 2.07 bits per heavy atom. The standard InChI is InChI=1S/C22H26FN3O3/c1-29-20-3-2-16(23)12-15(20)14-22(7-8-22)25-21(28)19-13-17(4-9-24-19)26-10-5-18(27)6-11-26/h2-4,9,12-13,18,27H,5-8,10-11,14H2,1H3,(H,25,28). The molecule has 0 unspecified atom stereocenters. The molecule has 154 valence electrons. The quantitative estimate of drug-likeness (QED) is 0.781. The van der Waals surface area contributed by atoms with Gasteiger partial charge in [-0.3, -0.25) is 9.78 Å². The molecule has 2 aromatic rings. The van der Waals surface area contributed by atoms with Crippen molar-refractivity contribution >= 4 is 11.6 Å². The van der Waals surface area contributed by atoms with Crippen molar-refractivity contribution in [2.45, 2.75) is 43.7 Å². The van der Waals surface area contributed by atoms with Crippen LogP contribution in [0.5, 0.6) is 5.75 Å². The minimum Gasteiger partial charge on any atom is -0.496 e. The average molecular weight is 399 g/mol. The summed E-state index contributed by atoms with van der Waals surface area (Å²) >= 11 is 0. The summed E-state index contributed by atoms with van der Waals surface area (Å²) in [4.78, 5) is 19.3. The van der Waals surface area contributed by atoms with E-state index in [1.165, 1.54) is 12.1 Å². The van der Waals surface area contributed by atoms with Crippen molar-refractivity contribution in [2.75, 3.05) is 25.1 Å². The number of nitrogens with one attached hydrogen (secondary N) is 1. The first-order valence-electron chi connectivity index (χ1n) is 10.0. The van der Waals surface area contributed by atoms with E-state index < -0.39 is 0 Å². The number of ether oxygens (including phenoxy) is 1. The van der Waals surface area contributed by atoms with Crippen LogP contribution in [0.25, 0.3) is 0 Å². The molecule has 0 bridgehead atoms. The van der Waals surface area contributed by atoms with Gasteiger partial charge in [0.15, 0.2) is 0 Å². The lowest BCUT2D eigenvalue weighted by atomic mass is 10.0. The lowest BCUT2D eigenvalue weighted by molar-refractivity contribution is 0.0926. The Morgan fingerprint density at radius 1 is 1.31 bits per heavy atom. The predicted octanol–water partition coefficient (Wildman–Crippen LogP) is 2.70. The molecule has 1 amide bonds. The number of hydrogen-bond donors (Lipinski definition) is 2. The third-order valence-electron chi connectivity index (χ3n) is 5.81. The normalized spacial score (nSPS) is 18.4. The zero-order valence-corrected chi connectivity index (χ0v) is 16.5. The van der Waals surface area contributed by atoms with Crippen LogP contribution in [0.4, 0.5) is 10.1 Å². The second-order valence-electron chi connectivity index (χ2n) is 7.98. The van der Waals surface area contributed by atoms with Crippen LogP contribution in [0.2, 0.25) is 0 Å². The third-order valence-corrected chi connectivity index (χ3v) is 5.81. The molecule has 2 aliphatic rings. The number of carbonyl (C=O) groups is 1. The molecule has 0 radical (unpaired) electrons. The van der Waals surface area contributed by atoms with Crippen LogP contribution in [0, 0.1) is 5.82 Å². The summed E-state index contributed by atoms with van der Waals surface area (Å²) in [5.41, 5.74) is 1.67. The molecule has 0 spiro atoms. The fourth-order valence-corrected chi connectivity index (χ4v) is 3.92. The Hall–Kier alpha value is -2.67. The van der Waals surface area contributed by atoms with Crippen LogP contribution in [-0.2, 0) is 6.42 Å². The van der Waals surface area contributed by atoms with Gasteiger partial charge < -0.3 is 20.1 Å². The third kappa shape index (κ3) is 4.50. The van der Waals surface area contributed by atoms with E-state index in [4.69, 9.17) is 4.74 Å². The molecule has 2 fully saturated rings. The lowest BCUT2D eigenvalue weighted by Crippen LogP contribution is -2.39. The van der Waals surface area contributed by atoms with Gasteiger partial charge >= 0.3 is 0 Å². The second-order valence-corrected chi connectivity index (χ2v) is 7.98. The van der Waals surface area contributed by atoms with Gasteiger partial charge in [-0.25, -0.2) is 4.39 Å². The number of carbonyl (C=O) groups excluding carboxylic acids is 1. The zero-order valence-electron chi connectivity index (χ0n) is 16.5. The Bertz CT molecular complexity index is 893. The molecule has 4 rings (SSSR count). The highest BCUT2D eigenvalue weighted by Gasteiger charge is 2.45. The van der Waals surface area contributed by atoms with Crippen LogP contribution in [0.1, 0.15) is 41.7 Å². The zero-order chi connectivity index (χ0) is 20.4. The van der Waals surface area contributed by atoms with Gasteiger partial charge in [-0.15, -0.1) is 0 Å². The summed E-state index contributed by atoms with van der Waals surface area (Å²) in [6.45, 7) is 1.52. The van der Waals surface area contributed by atoms with Crippen LogP contribution >= 0.6 is 0 Å². The number of aliphatic hydroxyl groups excluding tert-OH is 1. The van der Waals surface area contributed by atoms with E-state index in [1.54, 1.807) is 25.4 Å². The van der Waals surface area contributed by atoms with E-state index in [2.05, 4.69) is 15.2 Å². The summed E-state index contributed by atoms with van der Waals surface area (Å²) < 4.78 is 19.0. The van der Waals surface area contributed by atoms with Crippen molar-refractivity contribution in [3.8, 4) is 5.75 Å². The average Bonchev–Trinajstić information content (AvgIpc) is 3.47. The molecule has 1 saturated carbocycles. The van der Waals surface area contributed by atoms with Gasteiger partial charge in [-0.1, -0.05) is 0 Å². The maximum atomic E-state index is 13.7. The van der Waals surface area contributed by atoms with Gasteiger partial charge in [0, 0.05) is 30.5 Å². The Labute approximate surface area is 169 Å². The van der Waals surface area contributed by atoms with E-state index in [0.29, 0.717) is 17.9 Å². The molecule has 1 aliphatic carbocycles. The first kappa shape index (κ1) is 19.6. The van der Waals surface area contributed by atoms with Gasteiger partial charge in [0.05, 0.1) is 13.2 Å². The number of amides is 1. The molecule has 1 aliphatic heterocycles. The van der Waals surface area contributed by atoms with E-state index in [0.717, 1.165) is 50.0 Å². The number of methoxy groups -OCH3 is 1. The number of rotatable bonds is 6. The highest BCUT2D eigenvalue weighted by molar-refractivity contribution is 5.94. The number of halogens is 1. The fourth-order valence-electron chi connectivity index (χ4n) is 3.92. The number of anilines is 1. The molecule has 1 aromatic heterocycles. The van der Waals surface area contributed by atoms with Crippen molar-refractivity contribution < 1.29 is 19.0 Å². The van der Waals surface area contributed by atoms with E-state index >= 15 is 0 Å². The number of benzene rings is 1. The first-order chi connectivity index (χ1) is 14.0. The molecule has 0 atom stereocenters. The molecular weight excluding hydrogens is 373 g/mol. The smallest absolute Gasteiger partial charge is 0.270 e. The number of pyridine rings is 1. The number of hydrogen-bond acceptors (Lipinski definition) is 5. The molecule has 2 heterocycles. The van der Waals surface area contributed by atoms with E-state index in [-0.39, 0.29) is 23.4 Å². The SMILES string of the molecule is COc1ccc(F)cc1CC1(NC(=O)c2cc(N3CCC(O)CC3)ccn2)CC1. The first-order valence-corrected chi connectivity index (χ1v) is 10.0. The van der Waals surface area contributed by atoms with Crippen molar-refractivity contribution in [1.82, 2.24) is 10.3 Å². The summed E-state index contributed by atoms with van der Waals surface area (Å²) in [7, 11) is 1.56. The predicted molar refractivity (Wildman–Crippen MR) is 108 cm³/mol. The lowest BCUT2D eigenvalue weighted by Gasteiger charge is -2.31. The van der Waals surface area contributed by atoms with E-state index in [1.807, 2.05) is 6.07 Å². The van der Waals surface area contributed by atoms with Crippen molar-refractivity contribution in [3.63, 3.8) is 0 Å². The molecule has 2 N–H and O–H groups in total. The topological polar surface area (TPSA) is 74.7 Å². The van der Waals surface area contributed by atoms with E-state index in [9.17, 15) is 14.3 Å². The van der Waals surface area contributed by atoms with Gasteiger partial charge in [0.2, 0.25) is 0 Å². The summed E-state index contributed by atoms with van der Waals surface area (Å²) in [5.74, 6) is 0.0834. The van der Waals surface area contributed by atoms with Crippen LogP contribution in [0.3, 0.4) is 0 Å². The highest BCUT2D eigenvalue weighted by atomic mass is 19.1. The molecule has 7 heteroatoms. The van der Waals surface area contributed by atoms with Gasteiger partial charge in [0.1, 0.15) is 17.3 Å². The number of aromatic nitrogens is 1. The molecular formula is C22H26FN3O3. The second kappa shape index (κ2) is 7.99. The van der Waals surface area contributed by atoms with Gasteiger partial charge in [-0.2, -0.15) is 0 Å².